The Morgan fingerprint density at radius 1 is 1.29 bits per heavy atom. The summed E-state index contributed by atoms with van der Waals surface area (Å²) in [6, 6.07) is 0.294. The lowest BCUT2D eigenvalue weighted by Gasteiger charge is -2.38. The summed E-state index contributed by atoms with van der Waals surface area (Å²) in [5.41, 5.74) is 0. The molecule has 3 atom stereocenters. The Balaban J connectivity index is 2.08. The van der Waals surface area contributed by atoms with Crippen molar-refractivity contribution in [2.75, 3.05) is 32.7 Å². The van der Waals surface area contributed by atoms with E-state index in [2.05, 4.69) is 5.32 Å². The van der Waals surface area contributed by atoms with Gasteiger partial charge in [-0.1, -0.05) is 6.92 Å². The predicted octanol–water partition coefficient (Wildman–Crippen LogP) is 0.804. The fourth-order valence-electron chi connectivity index (χ4n) is 3.19. The Morgan fingerprint density at radius 3 is 2.48 bits per heavy atom. The summed E-state index contributed by atoms with van der Waals surface area (Å²) in [4.78, 5) is 0. The van der Waals surface area contributed by atoms with E-state index in [4.69, 9.17) is 4.74 Å². The summed E-state index contributed by atoms with van der Waals surface area (Å²) in [7, 11) is -3.39. The number of ether oxygens (including phenoxy) is 1. The quantitative estimate of drug-likeness (QED) is 0.787. The topological polar surface area (TPSA) is 61.9 Å². The molecule has 2 fully saturated rings. The van der Waals surface area contributed by atoms with E-state index in [9.17, 15) is 8.42 Å². The first-order valence-electron chi connectivity index (χ1n) is 8.07. The highest BCUT2D eigenvalue weighted by Crippen LogP contribution is 2.19. The average molecular weight is 319 g/mol. The number of hydrogen-bond acceptors (Lipinski definition) is 4. The second-order valence-electron chi connectivity index (χ2n) is 6.23. The van der Waals surface area contributed by atoms with Crippen LogP contribution in [0.3, 0.4) is 0 Å². The SMILES string of the molecule is CCCN(CC1CCCN1)S(=O)(=O)N1CC(C)OC(C)C1. The molecular formula is C14H29N3O3S. The maximum absolute atomic E-state index is 12.9. The van der Waals surface area contributed by atoms with E-state index in [-0.39, 0.29) is 12.2 Å². The van der Waals surface area contributed by atoms with Crippen molar-refractivity contribution in [3.63, 3.8) is 0 Å². The predicted molar refractivity (Wildman–Crippen MR) is 83.4 cm³/mol. The highest BCUT2D eigenvalue weighted by Gasteiger charge is 2.36. The second kappa shape index (κ2) is 7.37. The Morgan fingerprint density at radius 2 is 1.95 bits per heavy atom. The molecule has 0 aromatic carbocycles. The van der Waals surface area contributed by atoms with Gasteiger partial charge in [0.25, 0.3) is 10.2 Å². The van der Waals surface area contributed by atoms with Crippen LogP contribution in [-0.2, 0) is 14.9 Å². The van der Waals surface area contributed by atoms with Crippen molar-refractivity contribution >= 4 is 10.2 Å². The van der Waals surface area contributed by atoms with E-state index in [1.807, 2.05) is 20.8 Å². The van der Waals surface area contributed by atoms with E-state index in [0.29, 0.717) is 32.2 Å². The van der Waals surface area contributed by atoms with Crippen molar-refractivity contribution in [3.8, 4) is 0 Å². The van der Waals surface area contributed by atoms with Crippen LogP contribution in [0.5, 0.6) is 0 Å². The van der Waals surface area contributed by atoms with Crippen LogP contribution in [0, 0.1) is 0 Å². The van der Waals surface area contributed by atoms with Gasteiger partial charge < -0.3 is 10.1 Å². The lowest BCUT2D eigenvalue weighted by molar-refractivity contribution is -0.0455. The van der Waals surface area contributed by atoms with Crippen molar-refractivity contribution in [3.05, 3.63) is 0 Å². The molecule has 0 spiro atoms. The summed E-state index contributed by atoms with van der Waals surface area (Å²) in [6.45, 7) is 8.94. The average Bonchev–Trinajstić information content (AvgIpc) is 2.90. The molecule has 0 aromatic heterocycles. The molecule has 0 amide bonds. The molecule has 0 saturated carbocycles. The molecule has 3 unspecified atom stereocenters. The molecule has 21 heavy (non-hydrogen) atoms. The van der Waals surface area contributed by atoms with Gasteiger partial charge >= 0.3 is 0 Å². The second-order valence-corrected chi connectivity index (χ2v) is 8.16. The third-order valence-corrected chi connectivity index (χ3v) is 6.03. The molecule has 2 rings (SSSR count). The molecule has 6 nitrogen and oxygen atoms in total. The van der Waals surface area contributed by atoms with Gasteiger partial charge in [-0.3, -0.25) is 0 Å². The summed E-state index contributed by atoms with van der Waals surface area (Å²) >= 11 is 0. The number of rotatable bonds is 6. The van der Waals surface area contributed by atoms with Crippen LogP contribution in [-0.4, -0.2) is 68.0 Å². The van der Waals surface area contributed by atoms with Crippen LogP contribution in [0.1, 0.15) is 40.0 Å². The molecule has 7 heteroatoms. The maximum atomic E-state index is 12.9. The molecule has 2 heterocycles. The summed E-state index contributed by atoms with van der Waals surface area (Å²) in [6.07, 6.45) is 2.94. The Bertz CT molecular complexity index is 413. The minimum absolute atomic E-state index is 0.0448. The standard InChI is InChI=1S/C14H29N3O3S/c1-4-8-16(11-14-6-5-7-15-14)21(18,19)17-9-12(2)20-13(3)10-17/h12-15H,4-11H2,1-3H3. The van der Waals surface area contributed by atoms with Crippen LogP contribution in [0.4, 0.5) is 0 Å². The van der Waals surface area contributed by atoms with E-state index < -0.39 is 10.2 Å². The third kappa shape index (κ3) is 4.39. The smallest absolute Gasteiger partial charge is 0.282 e. The molecule has 1 N–H and O–H groups in total. The van der Waals surface area contributed by atoms with Crippen molar-refractivity contribution in [1.82, 2.24) is 13.9 Å². The highest BCUT2D eigenvalue weighted by atomic mass is 32.2. The van der Waals surface area contributed by atoms with Crippen molar-refractivity contribution in [1.29, 1.82) is 0 Å². The third-order valence-electron chi connectivity index (χ3n) is 4.10. The first kappa shape index (κ1) is 17.1. The lowest BCUT2D eigenvalue weighted by Crippen LogP contribution is -2.54. The number of hydrogen-bond donors (Lipinski definition) is 1. The van der Waals surface area contributed by atoms with Gasteiger partial charge in [-0.15, -0.1) is 0 Å². The molecule has 0 radical (unpaired) electrons. The largest absolute Gasteiger partial charge is 0.373 e. The molecule has 2 aliphatic heterocycles. The lowest BCUT2D eigenvalue weighted by atomic mass is 10.2. The first-order valence-corrected chi connectivity index (χ1v) is 9.47. The zero-order valence-electron chi connectivity index (χ0n) is 13.4. The zero-order valence-corrected chi connectivity index (χ0v) is 14.2. The van der Waals surface area contributed by atoms with Crippen LogP contribution in [0.2, 0.25) is 0 Å². The number of morpholine rings is 1. The minimum Gasteiger partial charge on any atom is -0.373 e. The van der Waals surface area contributed by atoms with Gasteiger partial charge in [-0.25, -0.2) is 0 Å². The fraction of sp³-hybridized carbons (Fsp3) is 1.00. The number of nitrogens with zero attached hydrogens (tertiary/aromatic N) is 2. The van der Waals surface area contributed by atoms with Crippen LogP contribution < -0.4 is 5.32 Å². The molecule has 0 aromatic rings. The molecule has 0 bridgehead atoms. The molecular weight excluding hydrogens is 290 g/mol. The van der Waals surface area contributed by atoms with E-state index in [0.717, 1.165) is 25.8 Å². The number of nitrogens with one attached hydrogen (secondary N) is 1. The molecule has 2 saturated heterocycles. The van der Waals surface area contributed by atoms with Crippen molar-refractivity contribution in [2.45, 2.75) is 58.3 Å². The summed E-state index contributed by atoms with van der Waals surface area (Å²) in [5.74, 6) is 0. The normalized spacial score (nSPS) is 31.9. The van der Waals surface area contributed by atoms with Gasteiger partial charge in [0.2, 0.25) is 0 Å². The maximum Gasteiger partial charge on any atom is 0.282 e. The van der Waals surface area contributed by atoms with Crippen molar-refractivity contribution in [2.24, 2.45) is 0 Å². The summed E-state index contributed by atoms with van der Waals surface area (Å²) in [5, 5.41) is 3.39. The van der Waals surface area contributed by atoms with Crippen LogP contribution in [0.25, 0.3) is 0 Å². The monoisotopic (exact) mass is 319 g/mol. The first-order chi connectivity index (χ1) is 9.93. The van der Waals surface area contributed by atoms with Gasteiger partial charge in [-0.05, 0) is 39.7 Å². The summed E-state index contributed by atoms with van der Waals surface area (Å²) < 4.78 is 34.7. The van der Waals surface area contributed by atoms with Gasteiger partial charge in [0.05, 0.1) is 12.2 Å². The minimum atomic E-state index is -3.39. The van der Waals surface area contributed by atoms with E-state index in [1.165, 1.54) is 0 Å². The Hall–Kier alpha value is -0.210. The van der Waals surface area contributed by atoms with Crippen LogP contribution in [0.15, 0.2) is 0 Å². The highest BCUT2D eigenvalue weighted by molar-refractivity contribution is 7.86. The Kier molecular flexibility index (Phi) is 6.02. The Labute approximate surface area is 129 Å². The van der Waals surface area contributed by atoms with Crippen molar-refractivity contribution < 1.29 is 13.2 Å². The van der Waals surface area contributed by atoms with E-state index >= 15 is 0 Å². The van der Waals surface area contributed by atoms with Gasteiger partial charge in [0.1, 0.15) is 0 Å². The van der Waals surface area contributed by atoms with E-state index in [1.54, 1.807) is 8.61 Å². The van der Waals surface area contributed by atoms with Gasteiger partial charge in [0.15, 0.2) is 0 Å². The van der Waals surface area contributed by atoms with Gasteiger partial charge in [0, 0.05) is 32.2 Å². The van der Waals surface area contributed by atoms with Crippen LogP contribution >= 0.6 is 0 Å². The van der Waals surface area contributed by atoms with Gasteiger partial charge in [-0.2, -0.15) is 17.0 Å². The fourth-order valence-corrected chi connectivity index (χ4v) is 5.10. The molecule has 2 aliphatic rings. The molecule has 124 valence electrons. The molecule has 0 aliphatic carbocycles. The zero-order chi connectivity index (χ0) is 15.5.